The van der Waals surface area contributed by atoms with E-state index in [2.05, 4.69) is 11.9 Å². The number of nitrogens with zero attached hydrogens (tertiary/aromatic N) is 1. The summed E-state index contributed by atoms with van der Waals surface area (Å²) in [7, 11) is 1.61. The van der Waals surface area contributed by atoms with E-state index in [1.807, 2.05) is 48.5 Å². The SMILES string of the molecule is C=CC(=O)N1CCC(C(=O)NC(c2cccc(OC)c2)c2ccccc2Cl)CC1. The molecule has 2 amide bonds. The molecule has 29 heavy (non-hydrogen) atoms. The van der Waals surface area contributed by atoms with Crippen LogP contribution in [0.15, 0.2) is 61.2 Å². The maximum Gasteiger partial charge on any atom is 0.245 e. The lowest BCUT2D eigenvalue weighted by atomic mass is 9.93. The van der Waals surface area contributed by atoms with Crippen molar-refractivity contribution in [2.24, 2.45) is 5.92 Å². The van der Waals surface area contributed by atoms with E-state index in [4.69, 9.17) is 16.3 Å². The van der Waals surface area contributed by atoms with Crippen LogP contribution in [0.4, 0.5) is 0 Å². The average molecular weight is 413 g/mol. The lowest BCUT2D eigenvalue weighted by molar-refractivity contribution is -0.132. The number of piperidine rings is 1. The molecule has 5 nitrogen and oxygen atoms in total. The molecule has 0 aromatic heterocycles. The second kappa shape index (κ2) is 9.61. The van der Waals surface area contributed by atoms with Crippen molar-refractivity contribution in [1.29, 1.82) is 0 Å². The third-order valence-electron chi connectivity index (χ3n) is 5.28. The monoisotopic (exact) mass is 412 g/mol. The van der Waals surface area contributed by atoms with Gasteiger partial charge < -0.3 is 15.0 Å². The Labute approximate surface area is 176 Å². The van der Waals surface area contributed by atoms with E-state index in [9.17, 15) is 9.59 Å². The van der Waals surface area contributed by atoms with Gasteiger partial charge in [0.15, 0.2) is 0 Å². The number of nitrogens with one attached hydrogen (secondary N) is 1. The molecule has 1 unspecified atom stereocenters. The molecule has 1 saturated heterocycles. The first-order chi connectivity index (χ1) is 14.0. The van der Waals surface area contributed by atoms with Crippen LogP contribution in [0.3, 0.4) is 0 Å². The van der Waals surface area contributed by atoms with Gasteiger partial charge in [0.05, 0.1) is 13.2 Å². The Morgan fingerprint density at radius 3 is 2.59 bits per heavy atom. The van der Waals surface area contributed by atoms with E-state index in [1.54, 1.807) is 12.0 Å². The highest BCUT2D eigenvalue weighted by atomic mass is 35.5. The summed E-state index contributed by atoms with van der Waals surface area (Å²) >= 11 is 6.45. The van der Waals surface area contributed by atoms with Crippen LogP contribution in [-0.4, -0.2) is 36.9 Å². The molecule has 2 aromatic carbocycles. The molecular weight excluding hydrogens is 388 g/mol. The zero-order valence-corrected chi connectivity index (χ0v) is 17.2. The zero-order chi connectivity index (χ0) is 20.8. The van der Waals surface area contributed by atoms with Gasteiger partial charge in [-0.05, 0) is 48.2 Å². The summed E-state index contributed by atoms with van der Waals surface area (Å²) in [4.78, 5) is 26.6. The fraction of sp³-hybridized carbons (Fsp3) is 0.304. The van der Waals surface area contributed by atoms with Crippen molar-refractivity contribution in [2.45, 2.75) is 18.9 Å². The predicted octanol–water partition coefficient (Wildman–Crippen LogP) is 3.98. The molecule has 0 bridgehead atoms. The normalized spacial score (nSPS) is 15.4. The summed E-state index contributed by atoms with van der Waals surface area (Å²) in [5.41, 5.74) is 1.72. The Bertz CT molecular complexity index is 891. The van der Waals surface area contributed by atoms with Gasteiger partial charge in [-0.1, -0.05) is 48.5 Å². The summed E-state index contributed by atoms with van der Waals surface area (Å²) in [6.07, 6.45) is 2.56. The van der Waals surface area contributed by atoms with Crippen LogP contribution in [-0.2, 0) is 9.59 Å². The number of halogens is 1. The van der Waals surface area contributed by atoms with Crippen LogP contribution < -0.4 is 10.1 Å². The Morgan fingerprint density at radius 1 is 1.21 bits per heavy atom. The maximum absolute atomic E-state index is 13.1. The van der Waals surface area contributed by atoms with Crippen LogP contribution in [0, 0.1) is 5.92 Å². The van der Waals surface area contributed by atoms with Gasteiger partial charge in [0.25, 0.3) is 0 Å². The van der Waals surface area contributed by atoms with Gasteiger partial charge in [0.1, 0.15) is 5.75 Å². The number of hydrogen-bond donors (Lipinski definition) is 1. The first kappa shape index (κ1) is 20.9. The average Bonchev–Trinajstić information content (AvgIpc) is 2.77. The van der Waals surface area contributed by atoms with E-state index in [0.717, 1.165) is 11.1 Å². The molecule has 0 spiro atoms. The first-order valence-electron chi connectivity index (χ1n) is 9.63. The summed E-state index contributed by atoms with van der Waals surface area (Å²) in [5.74, 6) is 0.433. The highest BCUT2D eigenvalue weighted by molar-refractivity contribution is 6.31. The lowest BCUT2D eigenvalue weighted by Crippen LogP contribution is -2.43. The molecule has 152 valence electrons. The number of amides is 2. The molecule has 0 aliphatic carbocycles. The molecule has 1 N–H and O–H groups in total. The largest absolute Gasteiger partial charge is 0.497 e. The van der Waals surface area contributed by atoms with Gasteiger partial charge in [0.2, 0.25) is 11.8 Å². The molecule has 1 aliphatic heterocycles. The topological polar surface area (TPSA) is 58.6 Å². The molecule has 0 radical (unpaired) electrons. The van der Waals surface area contributed by atoms with Gasteiger partial charge in [-0.3, -0.25) is 9.59 Å². The Kier molecular flexibility index (Phi) is 6.94. The maximum atomic E-state index is 13.1. The number of hydrogen-bond acceptors (Lipinski definition) is 3. The van der Waals surface area contributed by atoms with Crippen molar-refractivity contribution in [3.8, 4) is 5.75 Å². The van der Waals surface area contributed by atoms with Gasteiger partial charge in [0, 0.05) is 24.0 Å². The second-order valence-corrected chi connectivity index (χ2v) is 7.45. The number of carbonyl (C=O) groups excluding carboxylic acids is 2. The predicted molar refractivity (Wildman–Crippen MR) is 114 cm³/mol. The van der Waals surface area contributed by atoms with Crippen LogP contribution in [0.1, 0.15) is 30.0 Å². The summed E-state index contributed by atoms with van der Waals surface area (Å²) in [6.45, 7) is 4.63. The van der Waals surface area contributed by atoms with Crippen molar-refractivity contribution >= 4 is 23.4 Å². The van der Waals surface area contributed by atoms with E-state index >= 15 is 0 Å². The highest BCUT2D eigenvalue weighted by Gasteiger charge is 2.29. The molecule has 1 aliphatic rings. The second-order valence-electron chi connectivity index (χ2n) is 7.04. The number of carbonyl (C=O) groups is 2. The molecule has 1 atom stereocenters. The Balaban J connectivity index is 1.80. The van der Waals surface area contributed by atoms with Gasteiger partial charge in [-0.25, -0.2) is 0 Å². The number of rotatable bonds is 6. The fourth-order valence-electron chi connectivity index (χ4n) is 3.62. The molecule has 6 heteroatoms. The minimum Gasteiger partial charge on any atom is -0.497 e. The number of ether oxygens (including phenoxy) is 1. The molecule has 1 fully saturated rings. The van der Waals surface area contributed by atoms with Crippen molar-refractivity contribution in [2.75, 3.05) is 20.2 Å². The van der Waals surface area contributed by atoms with Crippen molar-refractivity contribution in [1.82, 2.24) is 10.2 Å². The summed E-state index contributed by atoms with van der Waals surface area (Å²) in [6, 6.07) is 14.7. The third-order valence-corrected chi connectivity index (χ3v) is 5.63. The van der Waals surface area contributed by atoms with Gasteiger partial charge >= 0.3 is 0 Å². The van der Waals surface area contributed by atoms with E-state index in [-0.39, 0.29) is 23.8 Å². The van der Waals surface area contributed by atoms with Crippen LogP contribution in [0.25, 0.3) is 0 Å². The quantitative estimate of drug-likeness (QED) is 0.730. The Morgan fingerprint density at radius 2 is 1.93 bits per heavy atom. The first-order valence-corrected chi connectivity index (χ1v) is 10.0. The number of methoxy groups -OCH3 is 1. The molecule has 2 aromatic rings. The number of likely N-dealkylation sites (tertiary alicyclic amines) is 1. The van der Waals surface area contributed by atoms with Crippen molar-refractivity contribution < 1.29 is 14.3 Å². The molecule has 3 rings (SSSR count). The minimum atomic E-state index is -0.390. The van der Waals surface area contributed by atoms with Crippen LogP contribution in [0.5, 0.6) is 5.75 Å². The summed E-state index contributed by atoms with van der Waals surface area (Å²) < 4.78 is 5.35. The standard InChI is InChI=1S/C23H25ClN2O3/c1-3-21(27)26-13-11-16(12-14-26)23(28)25-22(19-9-4-5-10-20(19)24)17-7-6-8-18(15-17)29-2/h3-10,15-16,22H,1,11-14H2,2H3,(H,25,28). The van der Waals surface area contributed by atoms with E-state index in [0.29, 0.717) is 36.7 Å². The molecule has 0 saturated carbocycles. The van der Waals surface area contributed by atoms with Crippen molar-refractivity contribution in [3.63, 3.8) is 0 Å². The van der Waals surface area contributed by atoms with Gasteiger partial charge in [-0.15, -0.1) is 0 Å². The number of benzene rings is 2. The smallest absolute Gasteiger partial charge is 0.245 e. The van der Waals surface area contributed by atoms with Crippen LogP contribution >= 0.6 is 11.6 Å². The third kappa shape index (κ3) is 4.98. The van der Waals surface area contributed by atoms with Crippen molar-refractivity contribution in [3.05, 3.63) is 77.3 Å². The molecular formula is C23H25ClN2O3. The van der Waals surface area contributed by atoms with Gasteiger partial charge in [-0.2, -0.15) is 0 Å². The van der Waals surface area contributed by atoms with E-state index in [1.165, 1.54) is 6.08 Å². The van der Waals surface area contributed by atoms with Crippen LogP contribution in [0.2, 0.25) is 5.02 Å². The lowest BCUT2D eigenvalue weighted by Gasteiger charge is -2.32. The highest BCUT2D eigenvalue weighted by Crippen LogP contribution is 2.31. The Hall–Kier alpha value is -2.79. The molecule has 1 heterocycles. The fourth-order valence-corrected chi connectivity index (χ4v) is 3.87. The minimum absolute atomic E-state index is 0.0385. The summed E-state index contributed by atoms with van der Waals surface area (Å²) in [5, 5.41) is 3.76. The zero-order valence-electron chi connectivity index (χ0n) is 16.4. The van der Waals surface area contributed by atoms with E-state index < -0.39 is 0 Å².